The van der Waals surface area contributed by atoms with Crippen LogP contribution in [0.4, 0.5) is 5.69 Å². The highest BCUT2D eigenvalue weighted by molar-refractivity contribution is 6.31. The predicted octanol–water partition coefficient (Wildman–Crippen LogP) is 6.20. The van der Waals surface area contributed by atoms with Gasteiger partial charge in [0.25, 0.3) is 0 Å². The summed E-state index contributed by atoms with van der Waals surface area (Å²) < 4.78 is 0. The standard InChI is InChI=1S/C22H20ClN/c1-22(16-9-3-2-4-10-16)15-21(17-11-5-7-13-19(17)23)24-20-14-8-6-12-18(20)22/h2-14,21,24H,15H2,1H3. The zero-order valence-corrected chi connectivity index (χ0v) is 14.4. The SMILES string of the molecule is CC1(c2ccccc2)CC(c2ccccc2Cl)Nc2ccccc21. The monoisotopic (exact) mass is 333 g/mol. The van der Waals surface area contributed by atoms with Gasteiger partial charge in [0.05, 0.1) is 6.04 Å². The van der Waals surface area contributed by atoms with E-state index in [-0.39, 0.29) is 11.5 Å². The number of fused-ring (bicyclic) bond motifs is 1. The van der Waals surface area contributed by atoms with Crippen molar-refractivity contribution in [1.82, 2.24) is 0 Å². The van der Waals surface area contributed by atoms with Gasteiger partial charge in [-0.2, -0.15) is 0 Å². The fraction of sp³-hybridized carbons (Fsp3) is 0.182. The first-order valence-electron chi connectivity index (χ1n) is 8.34. The van der Waals surface area contributed by atoms with E-state index < -0.39 is 0 Å². The van der Waals surface area contributed by atoms with E-state index in [9.17, 15) is 0 Å². The van der Waals surface area contributed by atoms with E-state index >= 15 is 0 Å². The van der Waals surface area contributed by atoms with Crippen LogP contribution in [-0.2, 0) is 5.41 Å². The Labute approximate surface area is 148 Å². The minimum atomic E-state index is -0.0487. The van der Waals surface area contributed by atoms with Gasteiger partial charge in [-0.1, -0.05) is 85.3 Å². The van der Waals surface area contributed by atoms with Crippen LogP contribution in [-0.4, -0.2) is 0 Å². The van der Waals surface area contributed by atoms with Gasteiger partial charge in [0, 0.05) is 16.1 Å². The summed E-state index contributed by atoms with van der Waals surface area (Å²) >= 11 is 6.48. The lowest BCUT2D eigenvalue weighted by Gasteiger charge is -2.42. The lowest BCUT2D eigenvalue weighted by Crippen LogP contribution is -2.34. The van der Waals surface area contributed by atoms with Crippen LogP contribution >= 0.6 is 11.6 Å². The molecule has 1 nitrogen and oxygen atoms in total. The first kappa shape index (κ1) is 15.3. The van der Waals surface area contributed by atoms with Crippen molar-refractivity contribution in [2.75, 3.05) is 5.32 Å². The Morgan fingerprint density at radius 2 is 1.54 bits per heavy atom. The summed E-state index contributed by atoms with van der Waals surface area (Å²) in [6, 6.07) is 27.7. The molecule has 0 radical (unpaired) electrons. The van der Waals surface area contributed by atoms with Gasteiger partial charge in [0.15, 0.2) is 0 Å². The highest BCUT2D eigenvalue weighted by atomic mass is 35.5. The van der Waals surface area contributed by atoms with Gasteiger partial charge in [-0.05, 0) is 35.2 Å². The third-order valence-corrected chi connectivity index (χ3v) is 5.50. The zero-order valence-electron chi connectivity index (χ0n) is 13.7. The van der Waals surface area contributed by atoms with E-state index in [0.717, 1.165) is 17.0 Å². The Bertz CT molecular complexity index is 859. The topological polar surface area (TPSA) is 12.0 Å². The minimum Gasteiger partial charge on any atom is -0.378 e. The number of anilines is 1. The van der Waals surface area contributed by atoms with Crippen molar-refractivity contribution in [3.8, 4) is 0 Å². The van der Waals surface area contributed by atoms with Crippen LogP contribution < -0.4 is 5.32 Å². The van der Waals surface area contributed by atoms with Crippen LogP contribution in [0, 0.1) is 0 Å². The van der Waals surface area contributed by atoms with Gasteiger partial charge in [-0.25, -0.2) is 0 Å². The molecule has 1 heterocycles. The van der Waals surface area contributed by atoms with Crippen molar-refractivity contribution < 1.29 is 0 Å². The van der Waals surface area contributed by atoms with Crippen LogP contribution in [0.5, 0.6) is 0 Å². The minimum absolute atomic E-state index is 0.0487. The molecular formula is C22H20ClN. The molecule has 0 fully saturated rings. The van der Waals surface area contributed by atoms with Crippen molar-refractivity contribution >= 4 is 17.3 Å². The molecule has 0 bridgehead atoms. The van der Waals surface area contributed by atoms with Crippen molar-refractivity contribution in [2.24, 2.45) is 0 Å². The summed E-state index contributed by atoms with van der Waals surface area (Å²) in [6.07, 6.45) is 0.970. The third kappa shape index (κ3) is 2.50. The summed E-state index contributed by atoms with van der Waals surface area (Å²) in [5.41, 5.74) is 5.00. The van der Waals surface area contributed by atoms with Crippen molar-refractivity contribution in [2.45, 2.75) is 24.8 Å². The summed E-state index contributed by atoms with van der Waals surface area (Å²) in [5.74, 6) is 0. The van der Waals surface area contributed by atoms with E-state index in [1.165, 1.54) is 16.8 Å². The van der Waals surface area contributed by atoms with Crippen LogP contribution in [0.25, 0.3) is 0 Å². The number of hydrogen-bond donors (Lipinski definition) is 1. The maximum absolute atomic E-state index is 6.48. The molecule has 0 saturated carbocycles. The molecule has 3 aromatic carbocycles. The summed E-state index contributed by atoms with van der Waals surface area (Å²) in [5, 5.41) is 4.52. The highest BCUT2D eigenvalue weighted by Crippen LogP contribution is 2.48. The highest BCUT2D eigenvalue weighted by Gasteiger charge is 2.38. The van der Waals surface area contributed by atoms with E-state index in [2.05, 4.69) is 79.0 Å². The Kier molecular flexibility index (Phi) is 3.82. The second kappa shape index (κ2) is 5.99. The van der Waals surface area contributed by atoms with E-state index in [4.69, 9.17) is 11.6 Å². The summed E-state index contributed by atoms with van der Waals surface area (Å²) in [4.78, 5) is 0. The van der Waals surface area contributed by atoms with Gasteiger partial charge in [-0.15, -0.1) is 0 Å². The first-order valence-corrected chi connectivity index (χ1v) is 8.72. The fourth-order valence-electron chi connectivity index (χ4n) is 3.87. The number of hydrogen-bond acceptors (Lipinski definition) is 1. The van der Waals surface area contributed by atoms with Gasteiger partial charge in [-0.3, -0.25) is 0 Å². The number of rotatable bonds is 2. The van der Waals surface area contributed by atoms with Gasteiger partial charge in [0.2, 0.25) is 0 Å². The molecule has 3 aromatic rings. The molecule has 4 rings (SSSR count). The molecule has 2 atom stereocenters. The number of halogens is 1. The molecule has 2 unspecified atom stereocenters. The third-order valence-electron chi connectivity index (χ3n) is 5.16. The molecule has 120 valence electrons. The van der Waals surface area contributed by atoms with Crippen LogP contribution in [0.1, 0.15) is 36.1 Å². The Morgan fingerprint density at radius 1 is 0.875 bits per heavy atom. The molecule has 0 amide bonds. The molecule has 1 aliphatic heterocycles. The maximum Gasteiger partial charge on any atom is 0.0540 e. The quantitative estimate of drug-likeness (QED) is 0.588. The molecule has 0 spiro atoms. The summed E-state index contributed by atoms with van der Waals surface area (Å²) in [6.45, 7) is 2.34. The molecule has 1 aliphatic rings. The Morgan fingerprint density at radius 3 is 2.33 bits per heavy atom. The lowest BCUT2D eigenvalue weighted by atomic mass is 9.68. The molecule has 0 aromatic heterocycles. The van der Waals surface area contributed by atoms with Crippen LogP contribution in [0.2, 0.25) is 5.02 Å². The van der Waals surface area contributed by atoms with Crippen molar-refractivity contribution in [1.29, 1.82) is 0 Å². The number of benzene rings is 3. The van der Waals surface area contributed by atoms with E-state index in [1.807, 2.05) is 12.1 Å². The average molecular weight is 334 g/mol. The summed E-state index contributed by atoms with van der Waals surface area (Å²) in [7, 11) is 0. The van der Waals surface area contributed by atoms with E-state index in [0.29, 0.717) is 0 Å². The van der Waals surface area contributed by atoms with Gasteiger partial charge < -0.3 is 5.32 Å². The first-order chi connectivity index (χ1) is 11.7. The molecule has 1 N–H and O–H groups in total. The maximum atomic E-state index is 6.48. The lowest BCUT2D eigenvalue weighted by molar-refractivity contribution is 0.460. The van der Waals surface area contributed by atoms with Crippen molar-refractivity contribution in [3.05, 3.63) is 101 Å². The number of nitrogens with one attached hydrogen (secondary N) is 1. The molecule has 24 heavy (non-hydrogen) atoms. The largest absolute Gasteiger partial charge is 0.378 e. The van der Waals surface area contributed by atoms with Crippen molar-refractivity contribution in [3.63, 3.8) is 0 Å². The Hall–Kier alpha value is -2.25. The van der Waals surface area contributed by atoms with Crippen LogP contribution in [0.15, 0.2) is 78.9 Å². The average Bonchev–Trinajstić information content (AvgIpc) is 2.63. The smallest absolute Gasteiger partial charge is 0.0540 e. The van der Waals surface area contributed by atoms with Gasteiger partial charge >= 0.3 is 0 Å². The second-order valence-corrected chi connectivity index (χ2v) is 7.07. The number of para-hydroxylation sites is 1. The van der Waals surface area contributed by atoms with Crippen LogP contribution in [0.3, 0.4) is 0 Å². The molecule has 0 saturated heterocycles. The molecular weight excluding hydrogens is 314 g/mol. The zero-order chi connectivity index (χ0) is 16.6. The van der Waals surface area contributed by atoms with Gasteiger partial charge in [0.1, 0.15) is 0 Å². The predicted molar refractivity (Wildman–Crippen MR) is 102 cm³/mol. The second-order valence-electron chi connectivity index (χ2n) is 6.67. The van der Waals surface area contributed by atoms with E-state index in [1.54, 1.807) is 0 Å². The Balaban J connectivity index is 1.86. The molecule has 0 aliphatic carbocycles. The normalized spacial score (nSPS) is 22.5. The fourth-order valence-corrected chi connectivity index (χ4v) is 4.14. The molecule has 2 heteroatoms.